The second-order valence-corrected chi connectivity index (χ2v) is 11.9. The fourth-order valence-corrected chi connectivity index (χ4v) is 5.70. The minimum Gasteiger partial charge on any atom is -0.352 e. The molecule has 0 saturated carbocycles. The van der Waals surface area contributed by atoms with E-state index < -0.39 is 28.5 Å². The quantitative estimate of drug-likeness (QED) is 0.371. The van der Waals surface area contributed by atoms with E-state index in [1.807, 2.05) is 38.1 Å². The van der Waals surface area contributed by atoms with Gasteiger partial charge in [0.15, 0.2) is 0 Å². The van der Waals surface area contributed by atoms with Gasteiger partial charge in [-0.2, -0.15) is 4.31 Å². The Hall–Kier alpha value is -2.65. The Balaban J connectivity index is 1.93. The van der Waals surface area contributed by atoms with Crippen molar-refractivity contribution in [2.75, 3.05) is 13.6 Å². The van der Waals surface area contributed by atoms with Gasteiger partial charge in [-0.3, -0.25) is 9.59 Å². The lowest BCUT2D eigenvalue weighted by molar-refractivity contribution is -0.141. The molecule has 0 spiro atoms. The SMILES string of the molecule is CCC(C(=O)NC(C)C)N(Cc1c(Cl)cccc1Cl)C(=O)CN(C)S(=O)(=O)c1ccc2ccccc2c1. The predicted octanol–water partition coefficient (Wildman–Crippen LogP) is 5.10. The van der Waals surface area contributed by atoms with Gasteiger partial charge in [0.05, 0.1) is 11.4 Å². The first-order valence-electron chi connectivity index (χ1n) is 11.9. The average Bonchev–Trinajstić information content (AvgIpc) is 2.84. The number of hydrogen-bond acceptors (Lipinski definition) is 4. The van der Waals surface area contributed by atoms with Crippen molar-refractivity contribution >= 4 is 55.8 Å². The smallest absolute Gasteiger partial charge is 0.243 e. The van der Waals surface area contributed by atoms with E-state index in [0.717, 1.165) is 15.1 Å². The molecule has 7 nitrogen and oxygen atoms in total. The van der Waals surface area contributed by atoms with E-state index in [4.69, 9.17) is 23.2 Å². The Morgan fingerprint density at radius 1 is 0.946 bits per heavy atom. The normalized spacial score (nSPS) is 12.6. The fraction of sp³-hybridized carbons (Fsp3) is 0.333. The summed E-state index contributed by atoms with van der Waals surface area (Å²) in [6.45, 7) is 4.92. The van der Waals surface area contributed by atoms with Crippen molar-refractivity contribution in [3.05, 3.63) is 76.3 Å². The van der Waals surface area contributed by atoms with Crippen molar-refractivity contribution in [3.63, 3.8) is 0 Å². The van der Waals surface area contributed by atoms with E-state index >= 15 is 0 Å². The van der Waals surface area contributed by atoms with Gasteiger partial charge >= 0.3 is 0 Å². The zero-order valence-corrected chi connectivity index (χ0v) is 23.6. The first kappa shape index (κ1) is 28.9. The molecule has 1 N–H and O–H groups in total. The molecule has 1 unspecified atom stereocenters. The number of likely N-dealkylation sites (N-methyl/N-ethyl adjacent to an activating group) is 1. The molecule has 3 rings (SSSR count). The van der Waals surface area contributed by atoms with Gasteiger partial charge in [0, 0.05) is 35.2 Å². The lowest BCUT2D eigenvalue weighted by Crippen LogP contribution is -2.52. The minimum absolute atomic E-state index is 0.0504. The largest absolute Gasteiger partial charge is 0.352 e. The van der Waals surface area contributed by atoms with Crippen molar-refractivity contribution in [3.8, 4) is 0 Å². The standard InChI is InChI=1S/C27H31Cl2N3O4S/c1-5-25(27(34)30-18(2)3)32(16-22-23(28)11-8-12-24(22)29)26(33)17-31(4)37(35,36)21-14-13-19-9-6-7-10-20(19)15-21/h6-15,18,25H,5,16-17H2,1-4H3,(H,30,34). The minimum atomic E-state index is -3.99. The molecule has 0 radical (unpaired) electrons. The van der Waals surface area contributed by atoms with Gasteiger partial charge < -0.3 is 10.2 Å². The molecular formula is C27H31Cl2N3O4S. The molecular weight excluding hydrogens is 533 g/mol. The number of nitrogens with zero attached hydrogens (tertiary/aromatic N) is 2. The number of sulfonamides is 1. The molecule has 37 heavy (non-hydrogen) atoms. The maximum absolute atomic E-state index is 13.6. The van der Waals surface area contributed by atoms with Gasteiger partial charge in [0.2, 0.25) is 21.8 Å². The van der Waals surface area contributed by atoms with Crippen LogP contribution in [0.1, 0.15) is 32.8 Å². The number of hydrogen-bond donors (Lipinski definition) is 1. The Labute approximate surface area is 228 Å². The summed E-state index contributed by atoms with van der Waals surface area (Å²) in [4.78, 5) is 28.1. The molecule has 0 fully saturated rings. The van der Waals surface area contributed by atoms with Crippen LogP contribution in [0, 0.1) is 0 Å². The zero-order chi connectivity index (χ0) is 27.3. The molecule has 0 aliphatic carbocycles. The van der Waals surface area contributed by atoms with E-state index in [0.29, 0.717) is 22.0 Å². The van der Waals surface area contributed by atoms with Crippen LogP contribution in [0.2, 0.25) is 10.0 Å². The predicted molar refractivity (Wildman–Crippen MR) is 148 cm³/mol. The monoisotopic (exact) mass is 563 g/mol. The molecule has 0 aliphatic heterocycles. The lowest BCUT2D eigenvalue weighted by Gasteiger charge is -2.32. The third-order valence-corrected chi connectivity index (χ3v) is 8.50. The number of fused-ring (bicyclic) bond motifs is 1. The van der Waals surface area contributed by atoms with Crippen molar-refractivity contribution < 1.29 is 18.0 Å². The first-order chi connectivity index (χ1) is 17.4. The van der Waals surface area contributed by atoms with Crippen molar-refractivity contribution in [1.82, 2.24) is 14.5 Å². The third kappa shape index (κ3) is 6.82. The number of carbonyl (C=O) groups is 2. The topological polar surface area (TPSA) is 86.8 Å². The summed E-state index contributed by atoms with van der Waals surface area (Å²) in [6.07, 6.45) is 0.313. The van der Waals surface area contributed by atoms with Crippen molar-refractivity contribution in [2.24, 2.45) is 0 Å². The van der Waals surface area contributed by atoms with Gasteiger partial charge in [-0.05, 0) is 55.3 Å². The highest BCUT2D eigenvalue weighted by molar-refractivity contribution is 7.89. The molecule has 0 aromatic heterocycles. The van der Waals surface area contributed by atoms with E-state index in [2.05, 4.69) is 5.32 Å². The number of carbonyl (C=O) groups excluding carboxylic acids is 2. The van der Waals surface area contributed by atoms with Crippen LogP contribution >= 0.6 is 23.2 Å². The lowest BCUT2D eigenvalue weighted by atomic mass is 10.1. The maximum atomic E-state index is 13.6. The molecule has 10 heteroatoms. The van der Waals surface area contributed by atoms with Crippen LogP contribution in [-0.2, 0) is 26.2 Å². The van der Waals surface area contributed by atoms with E-state index in [1.54, 1.807) is 37.3 Å². The van der Waals surface area contributed by atoms with Crippen LogP contribution in [0.4, 0.5) is 0 Å². The molecule has 0 saturated heterocycles. The average molecular weight is 565 g/mol. The summed E-state index contributed by atoms with van der Waals surface area (Å²) in [5.41, 5.74) is 0.481. The summed E-state index contributed by atoms with van der Waals surface area (Å²) in [5, 5.41) is 5.22. The second kappa shape index (κ2) is 12.3. The zero-order valence-electron chi connectivity index (χ0n) is 21.2. The number of nitrogens with one attached hydrogen (secondary N) is 1. The molecule has 1 atom stereocenters. The molecule has 198 valence electrons. The van der Waals surface area contributed by atoms with Crippen LogP contribution in [0.15, 0.2) is 65.6 Å². The summed E-state index contributed by atoms with van der Waals surface area (Å²) >= 11 is 12.7. The van der Waals surface area contributed by atoms with Gasteiger partial charge in [-0.1, -0.05) is 66.5 Å². The number of amides is 2. The third-order valence-electron chi connectivity index (χ3n) is 5.99. The van der Waals surface area contributed by atoms with Gasteiger partial charge in [0.25, 0.3) is 0 Å². The second-order valence-electron chi connectivity index (χ2n) is 9.08. The Bertz CT molecular complexity index is 1380. The molecule has 3 aromatic rings. The van der Waals surface area contributed by atoms with Gasteiger partial charge in [0.1, 0.15) is 6.04 Å². The van der Waals surface area contributed by atoms with Crippen LogP contribution in [0.25, 0.3) is 10.8 Å². The highest BCUT2D eigenvalue weighted by Gasteiger charge is 2.32. The summed E-state index contributed by atoms with van der Waals surface area (Å²) in [6, 6.07) is 16.3. The van der Waals surface area contributed by atoms with Crippen LogP contribution < -0.4 is 5.32 Å². The summed E-state index contributed by atoms with van der Waals surface area (Å²) in [5.74, 6) is -0.886. The summed E-state index contributed by atoms with van der Waals surface area (Å²) in [7, 11) is -2.64. The number of halogens is 2. The van der Waals surface area contributed by atoms with Crippen LogP contribution in [-0.4, -0.2) is 55.1 Å². The van der Waals surface area contributed by atoms with Crippen LogP contribution in [0.5, 0.6) is 0 Å². The van der Waals surface area contributed by atoms with Crippen LogP contribution in [0.3, 0.4) is 0 Å². The van der Waals surface area contributed by atoms with Crippen molar-refractivity contribution in [2.45, 2.75) is 50.7 Å². The maximum Gasteiger partial charge on any atom is 0.243 e. The molecule has 0 aliphatic rings. The van der Waals surface area contributed by atoms with Gasteiger partial charge in [-0.25, -0.2) is 8.42 Å². The molecule has 2 amide bonds. The Kier molecular flexibility index (Phi) is 9.58. The fourth-order valence-electron chi connectivity index (χ4n) is 4.03. The Morgan fingerprint density at radius 2 is 1.57 bits per heavy atom. The molecule has 3 aromatic carbocycles. The van der Waals surface area contributed by atoms with Gasteiger partial charge in [-0.15, -0.1) is 0 Å². The van der Waals surface area contributed by atoms with Crippen molar-refractivity contribution in [1.29, 1.82) is 0 Å². The van der Waals surface area contributed by atoms with E-state index in [1.165, 1.54) is 18.0 Å². The van der Waals surface area contributed by atoms with E-state index in [-0.39, 0.29) is 23.4 Å². The first-order valence-corrected chi connectivity index (χ1v) is 14.1. The highest BCUT2D eigenvalue weighted by atomic mass is 35.5. The molecule has 0 bridgehead atoms. The number of benzene rings is 3. The molecule has 0 heterocycles. The highest BCUT2D eigenvalue weighted by Crippen LogP contribution is 2.27. The number of rotatable bonds is 10. The Morgan fingerprint density at radius 3 is 2.16 bits per heavy atom. The van der Waals surface area contributed by atoms with E-state index in [9.17, 15) is 18.0 Å². The summed E-state index contributed by atoms with van der Waals surface area (Å²) < 4.78 is 27.7.